The van der Waals surface area contributed by atoms with Gasteiger partial charge in [-0.3, -0.25) is 9.58 Å². The van der Waals surface area contributed by atoms with Crippen LogP contribution in [0.3, 0.4) is 0 Å². The lowest BCUT2D eigenvalue weighted by Gasteiger charge is -2.47. The van der Waals surface area contributed by atoms with Crippen LogP contribution in [-0.2, 0) is 36.3 Å². The van der Waals surface area contributed by atoms with E-state index >= 15 is 0 Å². The first-order valence-electron chi connectivity index (χ1n) is 12.3. The summed E-state index contributed by atoms with van der Waals surface area (Å²) in [5, 5.41) is 9.01. The van der Waals surface area contributed by atoms with Crippen LogP contribution in [0.2, 0.25) is 0 Å². The van der Waals surface area contributed by atoms with Crippen molar-refractivity contribution in [2.24, 2.45) is 11.3 Å². The largest absolute Gasteiger partial charge is 0.370 e. The van der Waals surface area contributed by atoms with Gasteiger partial charge in [-0.05, 0) is 68.4 Å². The molecule has 31 heavy (non-hydrogen) atoms. The van der Waals surface area contributed by atoms with Gasteiger partial charge in [-0.25, -0.2) is 0 Å². The van der Waals surface area contributed by atoms with Gasteiger partial charge in [0.25, 0.3) is 0 Å². The van der Waals surface area contributed by atoms with E-state index in [0.717, 1.165) is 63.5 Å². The smallest absolute Gasteiger partial charge is 0.0969 e. The predicted molar refractivity (Wildman–Crippen MR) is 125 cm³/mol. The van der Waals surface area contributed by atoms with Crippen molar-refractivity contribution < 1.29 is 4.74 Å². The molecule has 0 amide bonds. The molecule has 0 aromatic carbocycles. The van der Waals surface area contributed by atoms with Crippen molar-refractivity contribution in [3.63, 3.8) is 0 Å². The predicted octanol–water partition coefficient (Wildman–Crippen LogP) is 5.18. The number of piperidine rings is 1. The zero-order valence-corrected chi connectivity index (χ0v) is 20.5. The van der Waals surface area contributed by atoms with E-state index in [9.17, 15) is 0 Å². The fourth-order valence-corrected chi connectivity index (χ4v) is 7.20. The number of fused-ring (bicyclic) bond motifs is 2. The quantitative estimate of drug-likeness (QED) is 0.592. The Morgan fingerprint density at radius 2 is 2.13 bits per heavy atom. The molecule has 1 saturated heterocycles. The molecule has 3 aliphatic rings. The van der Waals surface area contributed by atoms with E-state index in [1.807, 2.05) is 11.3 Å². The summed E-state index contributed by atoms with van der Waals surface area (Å²) in [6, 6.07) is 2.92. The van der Waals surface area contributed by atoms with Crippen molar-refractivity contribution in [1.82, 2.24) is 19.9 Å². The van der Waals surface area contributed by atoms with Gasteiger partial charge < -0.3 is 4.74 Å². The fourth-order valence-electron chi connectivity index (χ4n) is 6.02. The topological polar surface area (TPSA) is 43.2 Å². The molecule has 2 fully saturated rings. The highest BCUT2D eigenvalue weighted by molar-refractivity contribution is 7.12. The van der Waals surface area contributed by atoms with Crippen LogP contribution < -0.4 is 0 Å². The van der Waals surface area contributed by atoms with Gasteiger partial charge in [0.1, 0.15) is 0 Å². The Balaban J connectivity index is 1.23. The molecular formula is C25H38N4OS. The molecule has 1 aliphatic carbocycles. The molecule has 170 valence electrons. The fraction of sp³-hybridized carbons (Fsp3) is 0.760. The Morgan fingerprint density at radius 3 is 2.84 bits per heavy atom. The first kappa shape index (κ1) is 21.6. The second kappa shape index (κ2) is 8.27. The SMILES string of the molecule is CCc1cc2c(s1)CCO[C@@]21CCN(Cc2cn(CC3(CC(C)C)CC3)nn2)[C@@H](C)C1. The minimum absolute atomic E-state index is 0.0692. The molecule has 2 aliphatic heterocycles. The van der Waals surface area contributed by atoms with Crippen LogP contribution >= 0.6 is 11.3 Å². The molecule has 5 rings (SSSR count). The average molecular weight is 443 g/mol. The third kappa shape index (κ3) is 4.36. The van der Waals surface area contributed by atoms with E-state index in [1.54, 1.807) is 4.88 Å². The van der Waals surface area contributed by atoms with Gasteiger partial charge >= 0.3 is 0 Å². The van der Waals surface area contributed by atoms with Crippen LogP contribution in [0.5, 0.6) is 0 Å². The molecule has 2 aromatic rings. The number of likely N-dealkylation sites (tertiary alicyclic amines) is 1. The lowest BCUT2D eigenvalue weighted by molar-refractivity contribution is -0.112. The lowest BCUT2D eigenvalue weighted by atomic mass is 9.79. The van der Waals surface area contributed by atoms with E-state index in [4.69, 9.17) is 4.74 Å². The zero-order chi connectivity index (χ0) is 21.6. The van der Waals surface area contributed by atoms with E-state index in [2.05, 4.69) is 59.9 Å². The van der Waals surface area contributed by atoms with Crippen LogP contribution in [0.15, 0.2) is 12.3 Å². The monoisotopic (exact) mass is 442 g/mol. The number of nitrogens with zero attached hydrogens (tertiary/aromatic N) is 4. The minimum Gasteiger partial charge on any atom is -0.370 e. The van der Waals surface area contributed by atoms with Gasteiger partial charge in [-0.2, -0.15) is 0 Å². The number of ether oxygens (including phenoxy) is 1. The average Bonchev–Trinajstić information content (AvgIpc) is 3.12. The Morgan fingerprint density at radius 1 is 1.29 bits per heavy atom. The normalized spacial score (nSPS) is 27.7. The Kier molecular flexibility index (Phi) is 5.76. The molecule has 0 radical (unpaired) electrons. The van der Waals surface area contributed by atoms with Gasteiger partial charge in [0, 0.05) is 48.0 Å². The minimum atomic E-state index is -0.0692. The third-order valence-electron chi connectivity index (χ3n) is 7.71. The van der Waals surface area contributed by atoms with Crippen LogP contribution in [0, 0.1) is 11.3 Å². The highest BCUT2D eigenvalue weighted by atomic mass is 32.1. The second-order valence-corrected chi connectivity index (χ2v) is 12.0. The van der Waals surface area contributed by atoms with Gasteiger partial charge in [-0.15, -0.1) is 16.4 Å². The summed E-state index contributed by atoms with van der Waals surface area (Å²) in [6.45, 7) is 13.1. The van der Waals surface area contributed by atoms with Gasteiger partial charge in [-0.1, -0.05) is 26.0 Å². The van der Waals surface area contributed by atoms with Crippen LogP contribution in [-0.4, -0.2) is 39.1 Å². The van der Waals surface area contributed by atoms with Crippen molar-refractivity contribution in [3.05, 3.63) is 33.3 Å². The van der Waals surface area contributed by atoms with Crippen molar-refractivity contribution in [2.45, 2.75) is 97.4 Å². The third-order valence-corrected chi connectivity index (χ3v) is 9.04. The molecule has 0 unspecified atom stereocenters. The number of rotatable bonds is 7. The number of aryl methyl sites for hydroxylation is 1. The summed E-state index contributed by atoms with van der Waals surface area (Å²) in [7, 11) is 0. The second-order valence-electron chi connectivity index (χ2n) is 10.8. The molecule has 1 spiro atoms. The van der Waals surface area contributed by atoms with E-state index in [-0.39, 0.29) is 5.60 Å². The van der Waals surface area contributed by atoms with E-state index in [0.29, 0.717) is 11.5 Å². The van der Waals surface area contributed by atoms with Crippen molar-refractivity contribution in [3.8, 4) is 0 Å². The highest BCUT2D eigenvalue weighted by Gasteiger charge is 2.45. The first-order chi connectivity index (χ1) is 14.9. The molecule has 4 heterocycles. The van der Waals surface area contributed by atoms with E-state index in [1.165, 1.54) is 29.7 Å². The Labute approximate surface area is 191 Å². The summed E-state index contributed by atoms with van der Waals surface area (Å²) < 4.78 is 8.61. The van der Waals surface area contributed by atoms with Crippen LogP contribution in [0.25, 0.3) is 0 Å². The van der Waals surface area contributed by atoms with Gasteiger partial charge in [0.2, 0.25) is 0 Å². The molecule has 6 heteroatoms. The molecule has 5 nitrogen and oxygen atoms in total. The maximum Gasteiger partial charge on any atom is 0.0969 e. The number of thiophene rings is 1. The molecule has 0 N–H and O–H groups in total. The first-order valence-corrected chi connectivity index (χ1v) is 13.1. The highest BCUT2D eigenvalue weighted by Crippen LogP contribution is 2.52. The summed E-state index contributed by atoms with van der Waals surface area (Å²) >= 11 is 2.01. The maximum atomic E-state index is 6.51. The zero-order valence-electron chi connectivity index (χ0n) is 19.7. The summed E-state index contributed by atoms with van der Waals surface area (Å²) in [6.07, 6.45) is 10.6. The Hall–Kier alpha value is -1.24. The molecule has 2 atom stereocenters. The number of hydrogen-bond acceptors (Lipinski definition) is 5. The van der Waals surface area contributed by atoms with Crippen LogP contribution in [0.1, 0.15) is 80.8 Å². The molecule has 1 saturated carbocycles. The van der Waals surface area contributed by atoms with Crippen molar-refractivity contribution in [2.75, 3.05) is 13.2 Å². The van der Waals surface area contributed by atoms with Gasteiger partial charge in [0.15, 0.2) is 0 Å². The van der Waals surface area contributed by atoms with Gasteiger partial charge in [0.05, 0.1) is 17.9 Å². The lowest BCUT2D eigenvalue weighted by Crippen LogP contribution is -2.50. The molecular weight excluding hydrogens is 404 g/mol. The molecule has 2 aromatic heterocycles. The number of aromatic nitrogens is 3. The summed E-state index contributed by atoms with van der Waals surface area (Å²) in [5.41, 5.74) is 3.02. The van der Waals surface area contributed by atoms with Crippen molar-refractivity contribution in [1.29, 1.82) is 0 Å². The summed E-state index contributed by atoms with van der Waals surface area (Å²) in [5.74, 6) is 0.756. The van der Waals surface area contributed by atoms with Crippen molar-refractivity contribution >= 4 is 11.3 Å². The maximum absolute atomic E-state index is 6.51. The number of hydrogen-bond donors (Lipinski definition) is 0. The van der Waals surface area contributed by atoms with Crippen LogP contribution in [0.4, 0.5) is 0 Å². The molecule has 0 bridgehead atoms. The Bertz CT molecular complexity index is 915. The standard InChI is InChI=1S/C25H38N4OS/c1-5-21-12-22-23(31-21)6-11-30-25(22)9-10-28(19(4)14-25)15-20-16-29(27-26-20)17-24(7-8-24)13-18(2)3/h12,16,18-19H,5-11,13-15,17H2,1-4H3/t19-,25+/m0/s1. The van der Waals surface area contributed by atoms with E-state index < -0.39 is 0 Å². The summed E-state index contributed by atoms with van der Waals surface area (Å²) in [4.78, 5) is 5.65.